The van der Waals surface area contributed by atoms with E-state index in [2.05, 4.69) is 15.3 Å². The van der Waals surface area contributed by atoms with Crippen molar-refractivity contribution in [1.82, 2.24) is 14.9 Å². The number of anilines is 2. The van der Waals surface area contributed by atoms with Crippen LogP contribution in [0.3, 0.4) is 0 Å². The van der Waals surface area contributed by atoms with E-state index in [9.17, 15) is 14.0 Å². The first-order valence-electron chi connectivity index (χ1n) is 9.82. The van der Waals surface area contributed by atoms with Gasteiger partial charge in [-0.25, -0.2) is 14.2 Å². The zero-order valence-corrected chi connectivity index (χ0v) is 17.9. The molecule has 1 aliphatic rings. The first-order valence-corrected chi connectivity index (χ1v) is 9.82. The lowest BCUT2D eigenvalue weighted by Gasteiger charge is -2.24. The first kappa shape index (κ1) is 22.3. The second kappa shape index (κ2) is 8.75. The second-order valence-corrected chi connectivity index (χ2v) is 8.22. The topological polar surface area (TPSA) is 120 Å². The van der Waals surface area contributed by atoms with Crippen LogP contribution in [0.25, 0.3) is 0 Å². The standard InChI is InChI=1S/C21H26FN5O4/c1-21(2,3)31-20(29)27-8-7-13(11-27)25-19-24-10-15(18(23)26-19)17(28)14-9-12(22)5-6-16(14)30-4/h5-6,9-10,13H,7-8,11H2,1-4H3,(H3,23,24,25,26). The van der Waals surface area contributed by atoms with Gasteiger partial charge < -0.3 is 25.4 Å². The molecule has 1 atom stereocenters. The number of ether oxygens (including phenoxy) is 2. The Bertz CT molecular complexity index is 992. The highest BCUT2D eigenvalue weighted by Gasteiger charge is 2.30. The van der Waals surface area contributed by atoms with Crippen LogP contribution in [0, 0.1) is 5.82 Å². The summed E-state index contributed by atoms with van der Waals surface area (Å²) in [4.78, 5) is 34.9. The van der Waals surface area contributed by atoms with Crippen LogP contribution in [-0.4, -0.2) is 58.6 Å². The fourth-order valence-electron chi connectivity index (χ4n) is 3.20. The van der Waals surface area contributed by atoms with Crippen molar-refractivity contribution in [3.05, 3.63) is 41.3 Å². The quantitative estimate of drug-likeness (QED) is 0.694. The van der Waals surface area contributed by atoms with Gasteiger partial charge in [-0.15, -0.1) is 0 Å². The fourth-order valence-corrected chi connectivity index (χ4v) is 3.20. The summed E-state index contributed by atoms with van der Waals surface area (Å²) in [7, 11) is 1.39. The molecule has 0 spiro atoms. The molecule has 0 radical (unpaired) electrons. The highest BCUT2D eigenvalue weighted by Crippen LogP contribution is 2.25. The Morgan fingerprint density at radius 2 is 2.03 bits per heavy atom. The van der Waals surface area contributed by atoms with Gasteiger partial charge in [0.25, 0.3) is 0 Å². The van der Waals surface area contributed by atoms with Gasteiger partial charge in [-0.3, -0.25) is 4.79 Å². The number of nitrogens with one attached hydrogen (secondary N) is 1. The highest BCUT2D eigenvalue weighted by molar-refractivity contribution is 6.13. The van der Waals surface area contributed by atoms with Crippen molar-refractivity contribution in [2.75, 3.05) is 31.2 Å². The van der Waals surface area contributed by atoms with Gasteiger partial charge in [-0.2, -0.15) is 4.98 Å². The van der Waals surface area contributed by atoms with Gasteiger partial charge in [-0.05, 0) is 45.4 Å². The van der Waals surface area contributed by atoms with Crippen LogP contribution in [0.1, 0.15) is 43.1 Å². The van der Waals surface area contributed by atoms with E-state index in [1.807, 2.05) is 20.8 Å². The van der Waals surface area contributed by atoms with Crippen molar-refractivity contribution in [3.8, 4) is 5.75 Å². The van der Waals surface area contributed by atoms with E-state index < -0.39 is 17.2 Å². The molecule has 1 aliphatic heterocycles. The third-order valence-electron chi connectivity index (χ3n) is 4.64. The van der Waals surface area contributed by atoms with E-state index in [0.29, 0.717) is 19.5 Å². The number of nitrogens with zero attached hydrogens (tertiary/aromatic N) is 3. The molecule has 3 N–H and O–H groups in total. The molecule has 1 fully saturated rings. The molecule has 1 aromatic carbocycles. The SMILES string of the molecule is COc1ccc(F)cc1C(=O)c1cnc(NC2CCN(C(=O)OC(C)(C)C)C2)nc1N. The third kappa shape index (κ3) is 5.39. The third-order valence-corrected chi connectivity index (χ3v) is 4.64. The molecule has 31 heavy (non-hydrogen) atoms. The number of methoxy groups -OCH3 is 1. The average molecular weight is 431 g/mol. The zero-order chi connectivity index (χ0) is 22.8. The second-order valence-electron chi connectivity index (χ2n) is 8.22. The zero-order valence-electron chi connectivity index (χ0n) is 17.9. The molecule has 0 aliphatic carbocycles. The Labute approximate surface area is 179 Å². The largest absolute Gasteiger partial charge is 0.496 e. The summed E-state index contributed by atoms with van der Waals surface area (Å²) in [6, 6.07) is 3.56. The molecule has 1 saturated heterocycles. The number of likely N-dealkylation sites (tertiary alicyclic amines) is 1. The molecule has 1 amide bonds. The molecule has 9 nitrogen and oxygen atoms in total. The number of aromatic nitrogens is 2. The smallest absolute Gasteiger partial charge is 0.410 e. The number of nitrogens with two attached hydrogens (primary N) is 1. The summed E-state index contributed by atoms with van der Waals surface area (Å²) in [6.07, 6.45) is 1.60. The van der Waals surface area contributed by atoms with Crippen LogP contribution in [0.5, 0.6) is 5.75 Å². The summed E-state index contributed by atoms with van der Waals surface area (Å²) < 4.78 is 24.1. The average Bonchev–Trinajstić information content (AvgIpc) is 3.15. The first-order chi connectivity index (χ1) is 14.6. The minimum absolute atomic E-state index is 0.0299. The Balaban J connectivity index is 1.69. The number of halogens is 1. The maximum absolute atomic E-state index is 13.6. The Morgan fingerprint density at radius 3 is 2.68 bits per heavy atom. The molecule has 1 unspecified atom stereocenters. The molecule has 2 aromatic rings. The van der Waals surface area contributed by atoms with Crippen LogP contribution in [0.2, 0.25) is 0 Å². The van der Waals surface area contributed by atoms with Crippen molar-refractivity contribution >= 4 is 23.6 Å². The van der Waals surface area contributed by atoms with Crippen LogP contribution in [-0.2, 0) is 4.74 Å². The number of amides is 1. The van der Waals surface area contributed by atoms with Crippen molar-refractivity contribution in [3.63, 3.8) is 0 Å². The van der Waals surface area contributed by atoms with Gasteiger partial charge in [0.1, 0.15) is 23.0 Å². The molecule has 1 aromatic heterocycles. The van der Waals surface area contributed by atoms with E-state index in [1.54, 1.807) is 4.90 Å². The van der Waals surface area contributed by atoms with Gasteiger partial charge in [0.15, 0.2) is 0 Å². The van der Waals surface area contributed by atoms with Gasteiger partial charge in [-0.1, -0.05) is 0 Å². The molecule has 2 heterocycles. The summed E-state index contributed by atoms with van der Waals surface area (Å²) in [6.45, 7) is 6.41. The number of rotatable bonds is 5. The normalized spacial score (nSPS) is 16.2. The highest BCUT2D eigenvalue weighted by atomic mass is 19.1. The van der Waals surface area contributed by atoms with Gasteiger partial charge in [0, 0.05) is 25.3 Å². The molecular weight excluding hydrogens is 405 g/mol. The van der Waals surface area contributed by atoms with E-state index in [1.165, 1.54) is 25.4 Å². The van der Waals surface area contributed by atoms with Crippen molar-refractivity contribution in [2.45, 2.75) is 38.8 Å². The summed E-state index contributed by atoms with van der Waals surface area (Å²) in [5, 5.41) is 3.12. The lowest BCUT2D eigenvalue weighted by atomic mass is 10.0. The number of hydrogen-bond acceptors (Lipinski definition) is 8. The van der Waals surface area contributed by atoms with E-state index >= 15 is 0 Å². The van der Waals surface area contributed by atoms with Crippen molar-refractivity contribution in [1.29, 1.82) is 0 Å². The predicted octanol–water partition coefficient (Wildman–Crippen LogP) is 2.86. The maximum atomic E-state index is 13.6. The lowest BCUT2D eigenvalue weighted by molar-refractivity contribution is 0.0293. The Morgan fingerprint density at radius 1 is 1.29 bits per heavy atom. The Hall–Kier alpha value is -3.43. The molecular formula is C21H26FN5O4. The number of ketones is 1. The fraction of sp³-hybridized carbons (Fsp3) is 0.429. The minimum Gasteiger partial charge on any atom is -0.496 e. The Kier molecular flexibility index (Phi) is 6.28. The summed E-state index contributed by atoms with van der Waals surface area (Å²) >= 11 is 0. The molecule has 3 rings (SSSR count). The minimum atomic E-state index is -0.572. The molecule has 0 saturated carbocycles. The van der Waals surface area contributed by atoms with Crippen molar-refractivity contribution in [2.24, 2.45) is 0 Å². The van der Waals surface area contributed by atoms with E-state index in [4.69, 9.17) is 15.2 Å². The van der Waals surface area contributed by atoms with Crippen LogP contribution < -0.4 is 15.8 Å². The van der Waals surface area contributed by atoms with Crippen LogP contribution >= 0.6 is 0 Å². The van der Waals surface area contributed by atoms with Gasteiger partial charge >= 0.3 is 6.09 Å². The van der Waals surface area contributed by atoms with E-state index in [0.717, 1.165) is 6.07 Å². The number of carbonyl (C=O) groups excluding carboxylic acids is 2. The maximum Gasteiger partial charge on any atom is 0.410 e. The van der Waals surface area contributed by atoms with Crippen molar-refractivity contribution < 1.29 is 23.5 Å². The summed E-state index contributed by atoms with van der Waals surface area (Å²) in [5.41, 5.74) is 5.48. The summed E-state index contributed by atoms with van der Waals surface area (Å²) in [5.74, 6) is -0.705. The molecule has 166 valence electrons. The van der Waals surface area contributed by atoms with Gasteiger partial charge in [0.05, 0.1) is 18.2 Å². The molecule has 0 bridgehead atoms. The van der Waals surface area contributed by atoms with Crippen LogP contribution in [0.15, 0.2) is 24.4 Å². The number of benzene rings is 1. The predicted molar refractivity (Wildman–Crippen MR) is 113 cm³/mol. The van der Waals surface area contributed by atoms with E-state index in [-0.39, 0.29) is 40.8 Å². The van der Waals surface area contributed by atoms with Gasteiger partial charge in [0.2, 0.25) is 11.7 Å². The number of carbonyl (C=O) groups is 2. The van der Waals surface area contributed by atoms with Crippen LogP contribution in [0.4, 0.5) is 21.0 Å². The number of nitrogen functional groups attached to an aromatic ring is 1. The lowest BCUT2D eigenvalue weighted by Crippen LogP contribution is -2.36. The monoisotopic (exact) mass is 431 g/mol. The number of hydrogen-bond donors (Lipinski definition) is 2. The molecule has 10 heteroatoms.